The average molecular weight is 453 g/mol. The zero-order chi connectivity index (χ0) is 23.6. The molecule has 0 aliphatic heterocycles. The predicted octanol–water partition coefficient (Wildman–Crippen LogP) is 7.28. The van der Waals surface area contributed by atoms with Crippen molar-refractivity contribution in [3.63, 3.8) is 0 Å². The Morgan fingerprint density at radius 1 is 1.16 bits per heavy atom. The van der Waals surface area contributed by atoms with E-state index in [1.807, 2.05) is 0 Å². The van der Waals surface area contributed by atoms with Crippen molar-refractivity contribution in [2.45, 2.75) is 83.1 Å². The molecular formula is C26H35F3O3. The second kappa shape index (κ2) is 12.2. The first-order chi connectivity index (χ1) is 15.3. The summed E-state index contributed by atoms with van der Waals surface area (Å²) in [7, 11) is 0.902. The summed E-state index contributed by atoms with van der Waals surface area (Å²) in [5.74, 6) is -1.14. The smallest absolute Gasteiger partial charge is 0.432 e. The summed E-state index contributed by atoms with van der Waals surface area (Å²) < 4.78 is 53.2. The Balaban J connectivity index is 2.28. The molecule has 0 amide bonds. The number of unbranched alkanes of at least 4 members (excludes halogenated alkanes) is 1. The number of carbonyl (C=O) groups excluding carboxylic acids is 1. The Labute approximate surface area is 189 Å². The summed E-state index contributed by atoms with van der Waals surface area (Å²) >= 11 is 0. The summed E-state index contributed by atoms with van der Waals surface area (Å²) in [6, 6.07) is 6.99. The molecule has 0 radical (unpaired) electrons. The van der Waals surface area contributed by atoms with E-state index < -0.39 is 23.9 Å². The lowest BCUT2D eigenvalue weighted by molar-refractivity contribution is -0.278. The first kappa shape index (κ1) is 26.2. The Morgan fingerprint density at radius 3 is 2.47 bits per heavy atom. The number of rotatable bonds is 11. The molecule has 0 saturated heterocycles. The fourth-order valence-corrected chi connectivity index (χ4v) is 4.22. The van der Waals surface area contributed by atoms with Crippen LogP contribution in [0.5, 0.6) is 0 Å². The minimum absolute atomic E-state index is 0.263. The van der Waals surface area contributed by atoms with Crippen LogP contribution in [0.15, 0.2) is 54.1 Å². The van der Waals surface area contributed by atoms with Gasteiger partial charge in [0, 0.05) is 12.7 Å². The second-order valence-electron chi connectivity index (χ2n) is 8.32. The van der Waals surface area contributed by atoms with Crippen molar-refractivity contribution in [2.75, 3.05) is 7.11 Å². The molecule has 3 nitrogen and oxygen atoms in total. The fourth-order valence-electron chi connectivity index (χ4n) is 4.22. The molecule has 0 fully saturated rings. The predicted molar refractivity (Wildman–Crippen MR) is 120 cm³/mol. The summed E-state index contributed by atoms with van der Waals surface area (Å²) in [6.07, 6.45) is 7.44. The molecule has 1 aliphatic rings. The Kier molecular flexibility index (Phi) is 10.0. The summed E-state index contributed by atoms with van der Waals surface area (Å²) in [4.78, 5) is 13.1. The molecule has 0 saturated carbocycles. The first-order valence-corrected chi connectivity index (χ1v) is 11.5. The van der Waals surface area contributed by atoms with Crippen molar-refractivity contribution in [1.82, 2.24) is 0 Å². The van der Waals surface area contributed by atoms with Gasteiger partial charge in [-0.2, -0.15) is 13.2 Å². The lowest BCUT2D eigenvalue weighted by Gasteiger charge is -2.36. The number of ether oxygens (including phenoxy) is 2. The number of benzene rings is 1. The molecule has 178 valence electrons. The minimum Gasteiger partial charge on any atom is -0.455 e. The van der Waals surface area contributed by atoms with Gasteiger partial charge in [0.2, 0.25) is 0 Å². The van der Waals surface area contributed by atoms with Gasteiger partial charge in [0.05, 0.1) is 0 Å². The van der Waals surface area contributed by atoms with E-state index in [4.69, 9.17) is 9.47 Å². The number of hydrogen-bond acceptors (Lipinski definition) is 3. The van der Waals surface area contributed by atoms with E-state index in [9.17, 15) is 18.0 Å². The van der Waals surface area contributed by atoms with Crippen molar-refractivity contribution < 1.29 is 27.4 Å². The van der Waals surface area contributed by atoms with Crippen molar-refractivity contribution >= 4 is 5.97 Å². The Morgan fingerprint density at radius 2 is 1.88 bits per heavy atom. The SMILES string of the molecule is CC/C=C\CC[C@@H]1CC=C(CCCC)[C@H](OC(=O)[C@](OC)(c2ccccc2)C(F)(F)F)C1. The first-order valence-electron chi connectivity index (χ1n) is 11.5. The van der Waals surface area contributed by atoms with Crippen LogP contribution in [0, 0.1) is 5.92 Å². The van der Waals surface area contributed by atoms with Gasteiger partial charge in [-0.3, -0.25) is 0 Å². The van der Waals surface area contributed by atoms with Crippen LogP contribution in [-0.4, -0.2) is 25.4 Å². The third kappa shape index (κ3) is 6.25. The van der Waals surface area contributed by atoms with Crippen LogP contribution in [-0.2, 0) is 19.9 Å². The van der Waals surface area contributed by atoms with Gasteiger partial charge in [0.25, 0.3) is 5.60 Å². The van der Waals surface area contributed by atoms with Crippen LogP contribution in [0.4, 0.5) is 13.2 Å². The molecule has 6 heteroatoms. The van der Waals surface area contributed by atoms with Crippen LogP contribution in [0.2, 0.25) is 0 Å². The number of hydrogen-bond donors (Lipinski definition) is 0. The largest absolute Gasteiger partial charge is 0.455 e. The number of allylic oxidation sites excluding steroid dienone is 3. The summed E-state index contributed by atoms with van der Waals surface area (Å²) in [5.41, 5.74) is -2.52. The van der Waals surface area contributed by atoms with E-state index in [1.165, 1.54) is 24.3 Å². The van der Waals surface area contributed by atoms with Crippen molar-refractivity contribution in [3.8, 4) is 0 Å². The number of halogens is 3. The molecule has 1 aromatic rings. The van der Waals surface area contributed by atoms with E-state index in [-0.39, 0.29) is 11.5 Å². The third-order valence-electron chi connectivity index (χ3n) is 6.06. The third-order valence-corrected chi connectivity index (χ3v) is 6.06. The molecule has 1 aromatic carbocycles. The highest BCUT2D eigenvalue weighted by Gasteiger charge is 2.64. The van der Waals surface area contributed by atoms with E-state index in [0.717, 1.165) is 51.2 Å². The van der Waals surface area contributed by atoms with Crippen molar-refractivity contribution in [3.05, 3.63) is 59.7 Å². The normalized spacial score (nSPS) is 21.2. The highest BCUT2D eigenvalue weighted by molar-refractivity contribution is 5.83. The molecule has 1 aliphatic carbocycles. The van der Waals surface area contributed by atoms with Gasteiger partial charge in [-0.15, -0.1) is 0 Å². The van der Waals surface area contributed by atoms with E-state index >= 15 is 0 Å². The molecule has 0 N–H and O–H groups in total. The maximum absolute atomic E-state index is 14.2. The zero-order valence-corrected chi connectivity index (χ0v) is 19.3. The van der Waals surface area contributed by atoms with E-state index in [0.29, 0.717) is 12.8 Å². The van der Waals surface area contributed by atoms with Crippen molar-refractivity contribution in [2.24, 2.45) is 5.92 Å². The van der Waals surface area contributed by atoms with Crippen LogP contribution < -0.4 is 0 Å². The summed E-state index contributed by atoms with van der Waals surface area (Å²) in [6.45, 7) is 4.13. The van der Waals surface area contributed by atoms with Crippen molar-refractivity contribution in [1.29, 1.82) is 0 Å². The zero-order valence-electron chi connectivity index (χ0n) is 19.3. The van der Waals surface area contributed by atoms with Crippen LogP contribution in [0.3, 0.4) is 0 Å². The summed E-state index contributed by atoms with van der Waals surface area (Å²) in [5, 5.41) is 0. The number of methoxy groups -OCH3 is 1. The van der Waals surface area contributed by atoms with E-state index in [1.54, 1.807) is 6.07 Å². The van der Waals surface area contributed by atoms with Gasteiger partial charge in [-0.1, -0.05) is 68.8 Å². The molecule has 2 rings (SSSR count). The lowest BCUT2D eigenvalue weighted by atomic mass is 9.82. The maximum Gasteiger partial charge on any atom is 0.432 e. The van der Waals surface area contributed by atoms with Gasteiger partial charge in [0.1, 0.15) is 6.10 Å². The standard InChI is InChI=1S/C26H35F3O3/c1-4-6-8-10-13-20-17-18-21(14-7-5-2)23(19-20)32-24(30)25(31-3,26(27,28)29)22-15-11-9-12-16-22/h6,8-9,11-12,15-16,18,20,23H,4-5,7,10,13-14,17,19H2,1-3H3/b8-6-/t20-,23-,25-/m1/s1. The Bertz CT molecular complexity index is 770. The quantitative estimate of drug-likeness (QED) is 0.261. The molecule has 3 atom stereocenters. The molecule has 0 unspecified atom stereocenters. The highest BCUT2D eigenvalue weighted by Crippen LogP contribution is 2.44. The number of alkyl halides is 3. The van der Waals surface area contributed by atoms with Gasteiger partial charge in [-0.05, 0) is 56.4 Å². The van der Waals surface area contributed by atoms with Crippen LogP contribution in [0.1, 0.15) is 70.8 Å². The molecule has 32 heavy (non-hydrogen) atoms. The average Bonchev–Trinajstić information content (AvgIpc) is 2.77. The number of carbonyl (C=O) groups is 1. The molecule has 0 heterocycles. The minimum atomic E-state index is -4.97. The lowest BCUT2D eigenvalue weighted by Crippen LogP contribution is -2.52. The fraction of sp³-hybridized carbons (Fsp3) is 0.577. The van der Waals surface area contributed by atoms with E-state index in [2.05, 4.69) is 32.1 Å². The number of esters is 1. The van der Waals surface area contributed by atoms with Crippen LogP contribution in [0.25, 0.3) is 0 Å². The van der Waals surface area contributed by atoms with Gasteiger partial charge < -0.3 is 9.47 Å². The van der Waals surface area contributed by atoms with Gasteiger partial charge in [-0.25, -0.2) is 4.79 Å². The Hall–Kier alpha value is -2.08. The highest BCUT2D eigenvalue weighted by atomic mass is 19.4. The second-order valence-corrected chi connectivity index (χ2v) is 8.32. The van der Waals surface area contributed by atoms with Crippen LogP contribution >= 0.6 is 0 Å². The molecule has 0 spiro atoms. The van der Waals surface area contributed by atoms with Gasteiger partial charge >= 0.3 is 12.1 Å². The molecule has 0 aromatic heterocycles. The molecular weight excluding hydrogens is 417 g/mol. The monoisotopic (exact) mass is 452 g/mol. The topological polar surface area (TPSA) is 35.5 Å². The van der Waals surface area contributed by atoms with Gasteiger partial charge in [0.15, 0.2) is 0 Å². The molecule has 0 bridgehead atoms. The maximum atomic E-state index is 14.2.